The Balaban J connectivity index is 1.61. The zero-order valence-electron chi connectivity index (χ0n) is 18.4. The van der Waals surface area contributed by atoms with Crippen LogP contribution in [0.3, 0.4) is 0 Å². The van der Waals surface area contributed by atoms with E-state index in [0.29, 0.717) is 0 Å². The van der Waals surface area contributed by atoms with E-state index in [1.807, 2.05) is 60.7 Å². The monoisotopic (exact) mass is 450 g/mol. The molecule has 4 rings (SSSR count). The number of amides is 2. The van der Waals surface area contributed by atoms with Crippen molar-refractivity contribution in [3.8, 4) is 0 Å². The molecule has 0 radical (unpaired) electrons. The molecule has 0 bridgehead atoms. The normalized spacial score (nSPS) is 29.2. The summed E-state index contributed by atoms with van der Waals surface area (Å²) in [5, 5.41) is 12.8. The number of benzene rings is 2. The first kappa shape index (κ1) is 22.7. The fourth-order valence-electron chi connectivity index (χ4n) is 4.36. The van der Waals surface area contributed by atoms with Gasteiger partial charge in [0.1, 0.15) is 12.1 Å². The van der Waals surface area contributed by atoms with Crippen molar-refractivity contribution in [1.29, 1.82) is 0 Å². The molecule has 2 N–H and O–H groups in total. The van der Waals surface area contributed by atoms with Crippen LogP contribution in [0.4, 0.5) is 0 Å². The predicted octanol–water partition coefficient (Wildman–Crippen LogP) is 2.20. The van der Waals surface area contributed by atoms with Crippen molar-refractivity contribution in [2.45, 2.75) is 50.5 Å². The molecule has 2 aliphatic rings. The molecule has 2 heterocycles. The molecule has 0 saturated carbocycles. The standard InChI is InChI=1S/C25H26N2O6/c1-16-25(24(30)31,33-17(2)32-16)27-20(14-13-18-9-5-3-6-10-18)22(23(27)29)26-21(28)15-19-11-7-4-8-12-19/h3-14,16-17,20,22H,15H2,1-2H3,(H,26,28)(H,30,31)/t16?,17?,20-,22+,25?/m0/s1. The Kier molecular flexibility index (Phi) is 6.31. The number of rotatable bonds is 7. The van der Waals surface area contributed by atoms with Crippen molar-refractivity contribution in [3.63, 3.8) is 0 Å². The number of hydrogen-bond acceptors (Lipinski definition) is 5. The predicted molar refractivity (Wildman–Crippen MR) is 120 cm³/mol. The van der Waals surface area contributed by atoms with Crippen LogP contribution in [0, 0.1) is 0 Å². The van der Waals surface area contributed by atoms with Gasteiger partial charge in [0, 0.05) is 0 Å². The average Bonchev–Trinajstić information content (AvgIpc) is 3.10. The Morgan fingerprint density at radius 2 is 1.73 bits per heavy atom. The van der Waals surface area contributed by atoms with Gasteiger partial charge in [-0.25, -0.2) is 4.79 Å². The fourth-order valence-corrected chi connectivity index (χ4v) is 4.36. The van der Waals surface area contributed by atoms with E-state index < -0.39 is 42.1 Å². The lowest BCUT2D eigenvalue weighted by Gasteiger charge is -2.52. The van der Waals surface area contributed by atoms with Gasteiger partial charge in [0.25, 0.3) is 11.6 Å². The number of carboxylic acid groups (broad SMARTS) is 1. The van der Waals surface area contributed by atoms with Crippen LogP contribution >= 0.6 is 0 Å². The highest BCUT2D eigenvalue weighted by Gasteiger charge is 2.66. The number of carbonyl (C=O) groups excluding carboxylic acids is 2. The van der Waals surface area contributed by atoms with Crippen molar-refractivity contribution in [1.82, 2.24) is 10.2 Å². The lowest BCUT2D eigenvalue weighted by molar-refractivity contribution is -0.217. The second-order valence-corrected chi connectivity index (χ2v) is 8.14. The molecular formula is C25H26N2O6. The summed E-state index contributed by atoms with van der Waals surface area (Å²) >= 11 is 0. The summed E-state index contributed by atoms with van der Waals surface area (Å²) in [6.07, 6.45) is 1.92. The van der Waals surface area contributed by atoms with Gasteiger partial charge in [0.05, 0.1) is 12.5 Å². The van der Waals surface area contributed by atoms with Gasteiger partial charge in [0.15, 0.2) is 6.29 Å². The van der Waals surface area contributed by atoms with Gasteiger partial charge in [-0.05, 0) is 25.0 Å². The Bertz CT molecular complexity index is 1060. The van der Waals surface area contributed by atoms with E-state index in [-0.39, 0.29) is 12.3 Å². The third kappa shape index (κ3) is 4.27. The molecule has 172 valence electrons. The molecule has 8 nitrogen and oxygen atoms in total. The van der Waals surface area contributed by atoms with Gasteiger partial charge in [0.2, 0.25) is 5.91 Å². The molecule has 2 aromatic carbocycles. The SMILES string of the molecule is CC1OC(C)C(C(=O)O)(N2C(=O)[C@H](NC(=O)Cc3ccccc3)[C@@H]2C=Cc2ccccc2)O1. The van der Waals surface area contributed by atoms with E-state index in [1.54, 1.807) is 26.0 Å². The number of hydrogen-bond donors (Lipinski definition) is 2. The molecule has 5 atom stereocenters. The van der Waals surface area contributed by atoms with Crippen LogP contribution in [0.1, 0.15) is 25.0 Å². The van der Waals surface area contributed by atoms with Crippen molar-refractivity contribution in [2.24, 2.45) is 0 Å². The highest BCUT2D eigenvalue weighted by Crippen LogP contribution is 2.40. The molecule has 0 aliphatic carbocycles. The van der Waals surface area contributed by atoms with Crippen LogP contribution in [0.5, 0.6) is 0 Å². The maximum atomic E-state index is 13.2. The summed E-state index contributed by atoms with van der Waals surface area (Å²) in [4.78, 5) is 39.4. The minimum absolute atomic E-state index is 0.108. The summed E-state index contributed by atoms with van der Waals surface area (Å²) in [5.74, 6) is -2.18. The quantitative estimate of drug-likeness (QED) is 0.627. The van der Waals surface area contributed by atoms with E-state index >= 15 is 0 Å². The highest BCUT2D eigenvalue weighted by molar-refractivity contribution is 5.98. The summed E-state index contributed by atoms with van der Waals surface area (Å²) in [6.45, 7) is 3.14. The van der Waals surface area contributed by atoms with Crippen molar-refractivity contribution in [2.75, 3.05) is 0 Å². The second kappa shape index (κ2) is 9.17. The van der Waals surface area contributed by atoms with Crippen molar-refractivity contribution >= 4 is 23.9 Å². The smallest absolute Gasteiger partial charge is 0.360 e. The molecule has 2 aliphatic heterocycles. The van der Waals surface area contributed by atoms with Gasteiger partial charge in [-0.3, -0.25) is 14.5 Å². The average molecular weight is 450 g/mol. The topological polar surface area (TPSA) is 105 Å². The third-order valence-electron chi connectivity index (χ3n) is 5.91. The Morgan fingerprint density at radius 3 is 2.30 bits per heavy atom. The largest absolute Gasteiger partial charge is 0.478 e. The molecule has 2 saturated heterocycles. The molecular weight excluding hydrogens is 424 g/mol. The molecule has 0 spiro atoms. The second-order valence-electron chi connectivity index (χ2n) is 8.14. The molecule has 2 aromatic rings. The van der Waals surface area contributed by atoms with Crippen LogP contribution in [-0.2, 0) is 30.3 Å². The molecule has 2 fully saturated rings. The third-order valence-corrected chi connectivity index (χ3v) is 5.91. The van der Waals surface area contributed by atoms with Crippen LogP contribution in [0.2, 0.25) is 0 Å². The summed E-state index contributed by atoms with van der Waals surface area (Å²) in [5.41, 5.74) is -0.296. The molecule has 3 unspecified atom stereocenters. The number of likely N-dealkylation sites (tertiary alicyclic amines) is 1. The van der Waals surface area contributed by atoms with Crippen LogP contribution < -0.4 is 5.32 Å². The Morgan fingerprint density at radius 1 is 1.09 bits per heavy atom. The minimum atomic E-state index is -1.98. The van der Waals surface area contributed by atoms with Gasteiger partial charge < -0.3 is 19.9 Å². The number of aliphatic carboxylic acids is 1. The Labute approximate surface area is 191 Å². The zero-order valence-corrected chi connectivity index (χ0v) is 18.4. The molecule has 8 heteroatoms. The Hall–Kier alpha value is -3.49. The van der Waals surface area contributed by atoms with E-state index in [2.05, 4.69) is 5.32 Å². The maximum Gasteiger partial charge on any atom is 0.360 e. The number of carbonyl (C=O) groups is 3. The van der Waals surface area contributed by atoms with Gasteiger partial charge in [-0.2, -0.15) is 0 Å². The molecule has 33 heavy (non-hydrogen) atoms. The fraction of sp³-hybridized carbons (Fsp3) is 0.320. The first-order chi connectivity index (χ1) is 15.8. The first-order valence-corrected chi connectivity index (χ1v) is 10.8. The molecule has 0 aromatic heterocycles. The van der Waals surface area contributed by atoms with Crippen LogP contribution in [0.25, 0.3) is 6.08 Å². The highest BCUT2D eigenvalue weighted by atomic mass is 16.8. The summed E-state index contributed by atoms with van der Waals surface area (Å²) in [6, 6.07) is 16.9. The zero-order chi connectivity index (χ0) is 23.6. The molecule has 2 amide bonds. The lowest BCUT2D eigenvalue weighted by atomic mass is 9.87. The number of carboxylic acids is 1. The van der Waals surface area contributed by atoms with Gasteiger partial charge in [-0.15, -0.1) is 0 Å². The first-order valence-electron chi connectivity index (χ1n) is 10.8. The number of β-lactam (4-membered cyclic amide) rings is 1. The number of nitrogens with zero attached hydrogens (tertiary/aromatic N) is 1. The van der Waals surface area contributed by atoms with Gasteiger partial charge >= 0.3 is 5.97 Å². The van der Waals surface area contributed by atoms with E-state index in [1.165, 1.54) is 0 Å². The lowest BCUT2D eigenvalue weighted by Crippen LogP contribution is -2.79. The minimum Gasteiger partial charge on any atom is -0.478 e. The van der Waals surface area contributed by atoms with Crippen molar-refractivity contribution < 1.29 is 29.0 Å². The van der Waals surface area contributed by atoms with Crippen LogP contribution in [-0.4, -0.2) is 58.0 Å². The number of ether oxygens (including phenoxy) is 2. The van der Waals surface area contributed by atoms with E-state index in [4.69, 9.17) is 9.47 Å². The number of nitrogens with one attached hydrogen (secondary N) is 1. The van der Waals surface area contributed by atoms with Crippen LogP contribution in [0.15, 0.2) is 66.7 Å². The van der Waals surface area contributed by atoms with E-state index in [9.17, 15) is 19.5 Å². The van der Waals surface area contributed by atoms with Crippen molar-refractivity contribution in [3.05, 3.63) is 77.9 Å². The van der Waals surface area contributed by atoms with Gasteiger partial charge in [-0.1, -0.05) is 72.8 Å². The maximum absolute atomic E-state index is 13.2. The van der Waals surface area contributed by atoms with E-state index in [0.717, 1.165) is 16.0 Å². The summed E-state index contributed by atoms with van der Waals surface area (Å²) in [7, 11) is 0. The summed E-state index contributed by atoms with van der Waals surface area (Å²) < 4.78 is 11.2.